The van der Waals surface area contributed by atoms with E-state index in [1.165, 1.54) is 116 Å². The summed E-state index contributed by atoms with van der Waals surface area (Å²) in [5.74, 6) is 0. The SMILES string of the molecule is CC(C)(CO)NCCCO.CC(C)N(C)C(C)COCCO.CC(CCO)N1CCCC1.CC(CO)NC(C)(C)C.CC1CCC(C)N1CCOCCO.CCN(C)CCO.CN1C2CCC1CC(O)C2.OCCCN1CCCCCC1.OCCOCCN1CCCC1. The van der Waals surface area contributed by atoms with Crippen molar-refractivity contribution in [2.45, 2.75) is 265 Å². The molecule has 6 aliphatic heterocycles. The smallest absolute Gasteiger partial charge is 0.0698 e. The van der Waals surface area contributed by atoms with E-state index in [4.69, 9.17) is 60.2 Å². The van der Waals surface area contributed by atoms with Crippen LogP contribution in [0.3, 0.4) is 0 Å². The molecule has 6 heterocycles. The minimum absolute atomic E-state index is 0.00583. The maximum atomic E-state index is 9.38. The molecule has 0 aromatic carbocycles. The second-order valence-corrected chi connectivity index (χ2v) is 28.4. The Morgan fingerprint density at radius 3 is 1.44 bits per heavy atom. The Kier molecular flexibility index (Phi) is 65.6. The topological polar surface area (TPSA) is 277 Å². The Balaban J connectivity index is -0.000000984. The fourth-order valence-corrected chi connectivity index (χ4v) is 11.6. The number of nitrogens with zero attached hydrogens (tertiary/aromatic N) is 7. The van der Waals surface area contributed by atoms with E-state index in [1.54, 1.807) is 0 Å². The van der Waals surface area contributed by atoms with Gasteiger partial charge in [0.05, 0.1) is 85.4 Å². The molecule has 6 aliphatic rings. The highest BCUT2D eigenvalue weighted by Gasteiger charge is 2.37. The Labute approximate surface area is 571 Å². The Morgan fingerprint density at radius 1 is 0.559 bits per heavy atom. The molecule has 0 radical (unpaired) electrons. The molecule has 0 aromatic rings. The molecule has 7 atom stereocenters. The van der Waals surface area contributed by atoms with Crippen molar-refractivity contribution in [1.82, 2.24) is 44.9 Å². The van der Waals surface area contributed by atoms with E-state index >= 15 is 0 Å². The maximum Gasteiger partial charge on any atom is 0.0698 e. The fraction of sp³-hybridized carbons (Fsp3) is 1.00. The van der Waals surface area contributed by atoms with Gasteiger partial charge in [0.1, 0.15) is 0 Å². The summed E-state index contributed by atoms with van der Waals surface area (Å²) in [5.41, 5.74) is -0.0999. The third-order valence-corrected chi connectivity index (χ3v) is 18.0. The van der Waals surface area contributed by atoms with E-state index in [-0.39, 0.29) is 69.5 Å². The minimum Gasteiger partial charge on any atom is -0.396 e. The molecule has 6 rings (SSSR count). The van der Waals surface area contributed by atoms with Gasteiger partial charge in [-0.2, -0.15) is 0 Å². The first-order valence-electron chi connectivity index (χ1n) is 36.7. The van der Waals surface area contributed by atoms with Gasteiger partial charge in [0, 0.05) is 105 Å². The van der Waals surface area contributed by atoms with E-state index in [2.05, 4.69) is 128 Å². The van der Waals surface area contributed by atoms with Gasteiger partial charge in [-0.05, 0) is 253 Å². The van der Waals surface area contributed by atoms with Crippen LogP contribution in [0.2, 0.25) is 0 Å². The van der Waals surface area contributed by atoms with Crippen LogP contribution in [0.15, 0.2) is 0 Å². The van der Waals surface area contributed by atoms with Gasteiger partial charge in [0.2, 0.25) is 0 Å². The fourth-order valence-electron chi connectivity index (χ4n) is 11.6. The molecule has 2 bridgehead atoms. The van der Waals surface area contributed by atoms with E-state index in [9.17, 15) is 5.11 Å². The molecule has 0 aromatic heterocycles. The number of ether oxygens (including phenoxy) is 3. The Hall–Kier alpha value is -0.880. The normalized spacial score (nSPS) is 22.1. The van der Waals surface area contributed by atoms with E-state index in [0.29, 0.717) is 81.9 Å². The van der Waals surface area contributed by atoms with Crippen molar-refractivity contribution < 1.29 is 65.3 Å². The largest absolute Gasteiger partial charge is 0.396 e. The van der Waals surface area contributed by atoms with Crippen LogP contribution in [0, 0.1) is 0 Å². The quantitative estimate of drug-likeness (QED) is 0.0403. The number of hydrogen-bond acceptors (Lipinski definition) is 22. The molecule has 564 valence electrons. The van der Waals surface area contributed by atoms with Crippen molar-refractivity contribution in [2.75, 3.05) is 199 Å². The van der Waals surface area contributed by atoms with Gasteiger partial charge in [-0.3, -0.25) is 9.80 Å². The third-order valence-electron chi connectivity index (χ3n) is 18.0. The van der Waals surface area contributed by atoms with Crippen LogP contribution in [-0.4, -0.2) is 350 Å². The summed E-state index contributed by atoms with van der Waals surface area (Å²) in [5, 5.41) is 92.6. The highest BCUT2D eigenvalue weighted by molar-refractivity contribution is 4.93. The molecule has 0 spiro atoms. The van der Waals surface area contributed by atoms with Gasteiger partial charge in [-0.15, -0.1) is 0 Å². The zero-order chi connectivity index (χ0) is 70.9. The van der Waals surface area contributed by atoms with Crippen LogP contribution < -0.4 is 10.6 Å². The second kappa shape index (κ2) is 63.3. The molecule has 93 heavy (non-hydrogen) atoms. The van der Waals surface area contributed by atoms with Crippen molar-refractivity contribution in [1.29, 1.82) is 0 Å². The molecule has 0 aliphatic carbocycles. The highest BCUT2D eigenvalue weighted by Crippen LogP contribution is 2.34. The predicted molar refractivity (Wildman–Crippen MR) is 386 cm³/mol. The van der Waals surface area contributed by atoms with E-state index in [0.717, 1.165) is 84.6 Å². The summed E-state index contributed by atoms with van der Waals surface area (Å²) < 4.78 is 15.6. The Morgan fingerprint density at radius 2 is 1.03 bits per heavy atom. The molecule has 12 N–H and O–H groups in total. The zero-order valence-corrected chi connectivity index (χ0v) is 63.1. The number of piperidine rings is 1. The number of hydrogen-bond donors (Lipinski definition) is 12. The van der Waals surface area contributed by atoms with Crippen LogP contribution in [0.4, 0.5) is 0 Å². The zero-order valence-electron chi connectivity index (χ0n) is 63.1. The van der Waals surface area contributed by atoms with Gasteiger partial charge >= 0.3 is 0 Å². The van der Waals surface area contributed by atoms with Gasteiger partial charge in [-0.1, -0.05) is 19.8 Å². The van der Waals surface area contributed by atoms with Crippen molar-refractivity contribution in [3.8, 4) is 0 Å². The maximum absolute atomic E-state index is 9.38. The van der Waals surface area contributed by atoms with Crippen LogP contribution in [0.25, 0.3) is 0 Å². The van der Waals surface area contributed by atoms with Crippen LogP contribution in [0.5, 0.6) is 0 Å². The lowest BCUT2D eigenvalue weighted by molar-refractivity contribution is 0.0454. The second-order valence-electron chi connectivity index (χ2n) is 28.4. The average molecular weight is 1350 g/mol. The van der Waals surface area contributed by atoms with Gasteiger partial charge < -0.3 is 100 Å². The van der Waals surface area contributed by atoms with Gasteiger partial charge in [0.15, 0.2) is 0 Å². The van der Waals surface area contributed by atoms with Crippen molar-refractivity contribution in [2.24, 2.45) is 0 Å². The van der Waals surface area contributed by atoms with Gasteiger partial charge in [-0.25, -0.2) is 0 Å². The average Bonchev–Trinajstić information content (AvgIpc) is 1.71. The lowest BCUT2D eigenvalue weighted by Crippen LogP contribution is -2.43. The van der Waals surface area contributed by atoms with Crippen LogP contribution in [0.1, 0.15) is 199 Å². The summed E-state index contributed by atoms with van der Waals surface area (Å²) in [6.07, 6.45) is 20.7. The lowest BCUT2D eigenvalue weighted by Gasteiger charge is -2.33. The molecule has 0 amide bonds. The molecule has 22 heteroatoms. The molecule has 22 nitrogen and oxygen atoms in total. The predicted octanol–water partition coefficient (Wildman–Crippen LogP) is 4.80. The monoisotopic (exact) mass is 1340 g/mol. The summed E-state index contributed by atoms with van der Waals surface area (Å²) in [7, 11) is 6.25. The number of fused-ring (bicyclic) bond motifs is 2. The van der Waals surface area contributed by atoms with E-state index < -0.39 is 0 Å². The number of nitrogens with one attached hydrogen (secondary N) is 2. The number of aliphatic hydroxyl groups is 10. The number of likely N-dealkylation sites (tertiary alicyclic amines) is 4. The van der Waals surface area contributed by atoms with Gasteiger partial charge in [0.25, 0.3) is 0 Å². The molecule has 6 fully saturated rings. The number of rotatable bonds is 32. The van der Waals surface area contributed by atoms with Crippen molar-refractivity contribution in [3.05, 3.63) is 0 Å². The van der Waals surface area contributed by atoms with E-state index in [1.807, 2.05) is 27.8 Å². The summed E-state index contributed by atoms with van der Waals surface area (Å²) in [6.45, 7) is 45.8. The first-order valence-corrected chi connectivity index (χ1v) is 36.7. The first-order chi connectivity index (χ1) is 44.2. The molecule has 7 unspecified atom stereocenters. The summed E-state index contributed by atoms with van der Waals surface area (Å²) >= 11 is 0. The Bertz CT molecular complexity index is 1510. The summed E-state index contributed by atoms with van der Waals surface area (Å²) in [6, 6.07) is 4.52. The molecule has 0 saturated carbocycles. The van der Waals surface area contributed by atoms with Crippen molar-refractivity contribution in [3.63, 3.8) is 0 Å². The van der Waals surface area contributed by atoms with Crippen LogP contribution in [-0.2, 0) is 14.2 Å². The lowest BCUT2D eigenvalue weighted by atomic mass is 10.0. The molecular weight excluding hydrogens is 1190 g/mol. The summed E-state index contributed by atoms with van der Waals surface area (Å²) in [4.78, 5) is 16.6. The number of likely N-dealkylation sites (N-methyl/N-ethyl adjacent to an activating group) is 2. The van der Waals surface area contributed by atoms with Crippen molar-refractivity contribution >= 4 is 0 Å². The molecular formula is C71H157N9O13. The number of aliphatic hydroxyl groups excluding tert-OH is 10. The standard InChI is InChI=1S/C10H21NO2.C9H21NO2.C9H19NO.C8H17NO2.C8H15NO.C8H17NO.C7H17NO2.C7H17NO.C5H13NO/c1-9-3-4-10(2)11(9)5-7-13-8-6-12;1-8(2)10(4)9(3)7-12-6-5-11;11-9-5-8-10-6-3-1-2-4-7-10;10-6-8-11-7-5-9-3-1-2-4-9;1-9-6-2-3-7(9)5-8(10)4-6;1-8(4-7-10)9-5-2-3-6-9;1-7(2,6-10)8-4-3-5-9;1-6(5-9)8-7(2,3)4;1-3-6(2)4-5-7/h9-10,12H,3-8H2,1-2H3;8-9,11H,5-7H2,1-4H3;11H,1-9H2;10H,1-8H2;6-8,10H,2-5H2,1H3;8,10H,2-7H2,1H3;8-10H,3-6H2,1-2H3;6,8-9H,5H2,1-4H3;7H,3-5H2,1-2H3. The minimum atomic E-state index is -0.213. The van der Waals surface area contributed by atoms with Crippen LogP contribution >= 0.6 is 0 Å². The highest BCUT2D eigenvalue weighted by atomic mass is 16.5. The third kappa shape index (κ3) is 56.6. The first kappa shape index (κ1) is 96.3. The molecule has 6 saturated heterocycles.